The fraction of sp³-hybridized carbons (Fsp3) is 0.718. The molecular formula is C39H68N2O5. The number of carboxylic acid groups (broad SMARTS) is 1. The molecule has 0 fully saturated rings. The first-order valence-corrected chi connectivity index (χ1v) is 18.5. The van der Waals surface area contributed by atoms with Crippen molar-refractivity contribution < 1.29 is 24.2 Å². The van der Waals surface area contributed by atoms with Crippen molar-refractivity contribution in [1.29, 1.82) is 0 Å². The molecule has 1 amide bonds. The maximum Gasteiger partial charge on any atom is 0.326 e. The van der Waals surface area contributed by atoms with Crippen molar-refractivity contribution in [1.82, 2.24) is 5.32 Å². The van der Waals surface area contributed by atoms with Crippen LogP contribution in [0.5, 0.6) is 0 Å². The van der Waals surface area contributed by atoms with Gasteiger partial charge >= 0.3 is 11.9 Å². The molecule has 7 heteroatoms. The number of hydrogen-bond donors (Lipinski definition) is 3. The molecule has 0 aliphatic carbocycles. The van der Waals surface area contributed by atoms with E-state index < -0.39 is 12.0 Å². The smallest absolute Gasteiger partial charge is 0.326 e. The SMILES string of the molecule is CC/C=C\C/C=C\C/C=C\CCCCCCCC(=O)OC(/C=C\CCCCCC)CCCCCCC(=O)NC(CCCN)C(=O)O. The second kappa shape index (κ2) is 33.7. The minimum absolute atomic E-state index is 0.110. The van der Waals surface area contributed by atoms with Gasteiger partial charge in [0.1, 0.15) is 12.1 Å². The van der Waals surface area contributed by atoms with Crippen molar-refractivity contribution in [2.75, 3.05) is 6.54 Å². The van der Waals surface area contributed by atoms with Gasteiger partial charge in [0.15, 0.2) is 0 Å². The number of carbonyl (C=O) groups is 3. The minimum atomic E-state index is -1.02. The molecule has 0 bridgehead atoms. The predicted octanol–water partition coefficient (Wildman–Crippen LogP) is 9.66. The number of hydrogen-bond acceptors (Lipinski definition) is 5. The van der Waals surface area contributed by atoms with Crippen LogP contribution < -0.4 is 11.1 Å². The number of amides is 1. The topological polar surface area (TPSA) is 119 Å². The van der Waals surface area contributed by atoms with Gasteiger partial charge in [-0.15, -0.1) is 0 Å². The molecule has 0 aromatic heterocycles. The molecule has 0 aromatic carbocycles. The summed E-state index contributed by atoms with van der Waals surface area (Å²) in [5.41, 5.74) is 5.46. The average molecular weight is 645 g/mol. The lowest BCUT2D eigenvalue weighted by atomic mass is 10.1. The Morgan fingerprint density at radius 2 is 1.26 bits per heavy atom. The van der Waals surface area contributed by atoms with Crippen LogP contribution in [0.2, 0.25) is 0 Å². The second-order valence-corrected chi connectivity index (χ2v) is 12.2. The van der Waals surface area contributed by atoms with E-state index in [0.717, 1.165) is 83.5 Å². The highest BCUT2D eigenvalue weighted by atomic mass is 16.5. The lowest BCUT2D eigenvalue weighted by Crippen LogP contribution is -2.40. The highest BCUT2D eigenvalue weighted by Crippen LogP contribution is 2.15. The number of ether oxygens (including phenoxy) is 1. The van der Waals surface area contributed by atoms with Gasteiger partial charge in [0.25, 0.3) is 0 Å². The summed E-state index contributed by atoms with van der Waals surface area (Å²) >= 11 is 0. The maximum absolute atomic E-state index is 12.6. The number of rotatable bonds is 32. The zero-order valence-electron chi connectivity index (χ0n) is 29.4. The van der Waals surface area contributed by atoms with E-state index in [1.165, 1.54) is 32.1 Å². The Kier molecular flexibility index (Phi) is 31.7. The van der Waals surface area contributed by atoms with Crippen LogP contribution in [-0.4, -0.2) is 41.6 Å². The number of nitrogens with one attached hydrogen (secondary N) is 1. The molecule has 0 heterocycles. The Morgan fingerprint density at radius 1 is 0.674 bits per heavy atom. The fourth-order valence-electron chi connectivity index (χ4n) is 5.08. The molecule has 264 valence electrons. The third kappa shape index (κ3) is 30.0. The first-order valence-electron chi connectivity index (χ1n) is 18.5. The number of allylic oxidation sites excluding steroid dienone is 7. The fourth-order valence-corrected chi connectivity index (χ4v) is 5.08. The first kappa shape index (κ1) is 43.3. The van der Waals surface area contributed by atoms with Gasteiger partial charge in [-0.25, -0.2) is 4.79 Å². The van der Waals surface area contributed by atoms with Gasteiger partial charge in [-0.2, -0.15) is 0 Å². The van der Waals surface area contributed by atoms with Gasteiger partial charge in [0.2, 0.25) is 5.91 Å². The molecular weight excluding hydrogens is 576 g/mol. The van der Waals surface area contributed by atoms with Gasteiger partial charge in [0, 0.05) is 12.8 Å². The van der Waals surface area contributed by atoms with Gasteiger partial charge in [0.05, 0.1) is 0 Å². The van der Waals surface area contributed by atoms with E-state index in [4.69, 9.17) is 10.5 Å². The maximum atomic E-state index is 12.6. The highest BCUT2D eigenvalue weighted by molar-refractivity contribution is 5.83. The molecule has 0 rings (SSSR count). The van der Waals surface area contributed by atoms with Crippen molar-refractivity contribution in [3.63, 3.8) is 0 Å². The van der Waals surface area contributed by atoms with Gasteiger partial charge in [-0.1, -0.05) is 108 Å². The zero-order valence-corrected chi connectivity index (χ0v) is 29.4. The quantitative estimate of drug-likeness (QED) is 0.0381. The van der Waals surface area contributed by atoms with Gasteiger partial charge < -0.3 is 20.9 Å². The molecule has 46 heavy (non-hydrogen) atoms. The van der Waals surface area contributed by atoms with Crippen LogP contribution >= 0.6 is 0 Å². The number of aliphatic carboxylic acids is 1. The van der Waals surface area contributed by atoms with Crippen molar-refractivity contribution in [3.8, 4) is 0 Å². The molecule has 0 aromatic rings. The summed E-state index contributed by atoms with van der Waals surface area (Å²) in [4.78, 5) is 36.1. The summed E-state index contributed by atoms with van der Waals surface area (Å²) in [5.74, 6) is -1.36. The number of carbonyl (C=O) groups excluding carboxylic acids is 2. The van der Waals surface area contributed by atoms with E-state index in [1.54, 1.807) is 0 Å². The number of nitrogens with two attached hydrogens (primary N) is 1. The van der Waals surface area contributed by atoms with E-state index >= 15 is 0 Å². The van der Waals surface area contributed by atoms with Crippen molar-refractivity contribution in [3.05, 3.63) is 48.6 Å². The highest BCUT2D eigenvalue weighted by Gasteiger charge is 2.19. The second-order valence-electron chi connectivity index (χ2n) is 12.2. The number of esters is 1. The van der Waals surface area contributed by atoms with Crippen LogP contribution in [0.1, 0.15) is 162 Å². The Hall–Kier alpha value is -2.67. The van der Waals surface area contributed by atoms with Crippen LogP contribution in [0.15, 0.2) is 48.6 Å². The third-order valence-corrected chi connectivity index (χ3v) is 7.86. The molecule has 0 aliphatic rings. The minimum Gasteiger partial charge on any atom is -0.480 e. The number of carboxylic acids is 1. The largest absolute Gasteiger partial charge is 0.480 e. The van der Waals surface area contributed by atoms with Gasteiger partial charge in [-0.3, -0.25) is 9.59 Å². The molecule has 2 atom stereocenters. The summed E-state index contributed by atoms with van der Waals surface area (Å²) in [7, 11) is 0. The van der Waals surface area contributed by atoms with E-state index in [9.17, 15) is 19.5 Å². The Bertz CT molecular complexity index is 864. The Balaban J connectivity index is 4.27. The van der Waals surface area contributed by atoms with Gasteiger partial charge in [-0.05, 0) is 96.1 Å². The molecule has 0 aliphatic heterocycles. The molecule has 0 spiro atoms. The first-order chi connectivity index (χ1) is 22.4. The van der Waals surface area contributed by atoms with Crippen molar-refractivity contribution in [2.45, 2.75) is 174 Å². The molecule has 2 unspecified atom stereocenters. The van der Waals surface area contributed by atoms with E-state index in [-0.39, 0.29) is 18.0 Å². The molecule has 0 radical (unpaired) electrons. The summed E-state index contributed by atoms with van der Waals surface area (Å²) < 4.78 is 5.87. The molecule has 0 saturated heterocycles. The van der Waals surface area contributed by atoms with E-state index in [0.29, 0.717) is 38.6 Å². The summed E-state index contributed by atoms with van der Waals surface area (Å²) in [6.07, 6.45) is 38.8. The lowest BCUT2D eigenvalue weighted by molar-refractivity contribution is -0.147. The zero-order chi connectivity index (χ0) is 33.9. The monoisotopic (exact) mass is 645 g/mol. The Morgan fingerprint density at radius 3 is 1.93 bits per heavy atom. The van der Waals surface area contributed by atoms with Crippen molar-refractivity contribution >= 4 is 17.8 Å². The predicted molar refractivity (Wildman–Crippen MR) is 193 cm³/mol. The lowest BCUT2D eigenvalue weighted by Gasteiger charge is -2.15. The van der Waals surface area contributed by atoms with Crippen molar-refractivity contribution in [2.24, 2.45) is 5.73 Å². The summed E-state index contributed by atoms with van der Waals surface area (Å²) in [6, 6.07) is -0.872. The van der Waals surface area contributed by atoms with Crippen LogP contribution in [0, 0.1) is 0 Å². The number of unbranched alkanes of at least 4 members (excludes halogenated alkanes) is 12. The Labute approximate surface area is 281 Å². The molecule has 7 nitrogen and oxygen atoms in total. The van der Waals surface area contributed by atoms with Crippen LogP contribution in [-0.2, 0) is 19.1 Å². The standard InChI is InChI=1S/C39H68N2O5/c1-3-5-7-9-11-12-13-14-15-16-17-18-19-21-27-33-38(43)46-35(29-24-20-10-8-6-4-2)30-25-22-23-26-32-37(42)41-36(39(44)45)31-28-34-40/h5,7,11-12,14-15,24,29,35-36H,3-4,6,8-10,13,16-23,25-28,30-34,40H2,1-2H3,(H,41,42)(H,44,45)/b7-5-,12-11-,15-14-,29-24-. The van der Waals surface area contributed by atoms with Crippen LogP contribution in [0.3, 0.4) is 0 Å². The molecule has 0 saturated carbocycles. The van der Waals surface area contributed by atoms with Crippen LogP contribution in [0.4, 0.5) is 0 Å². The summed E-state index contributed by atoms with van der Waals surface area (Å²) in [6.45, 7) is 4.76. The van der Waals surface area contributed by atoms with E-state index in [2.05, 4.69) is 67.8 Å². The van der Waals surface area contributed by atoms with Crippen LogP contribution in [0.25, 0.3) is 0 Å². The van der Waals surface area contributed by atoms with E-state index in [1.807, 2.05) is 0 Å². The third-order valence-electron chi connectivity index (χ3n) is 7.86. The summed E-state index contributed by atoms with van der Waals surface area (Å²) in [5, 5.41) is 11.9. The average Bonchev–Trinajstić information content (AvgIpc) is 3.04. The molecule has 4 N–H and O–H groups in total. The normalized spacial score (nSPS) is 13.3.